The van der Waals surface area contributed by atoms with E-state index in [1.165, 1.54) is 0 Å². The fourth-order valence-corrected chi connectivity index (χ4v) is 2.18. The largest absolute Gasteiger partial charge is 0.481 e. The molecule has 104 valence electrons. The van der Waals surface area contributed by atoms with Gasteiger partial charge in [-0.15, -0.1) is 0 Å². The van der Waals surface area contributed by atoms with Gasteiger partial charge in [0.25, 0.3) is 0 Å². The number of rotatable bonds is 6. The molecule has 5 heteroatoms. The van der Waals surface area contributed by atoms with Crippen molar-refractivity contribution in [3.8, 4) is 0 Å². The highest BCUT2D eigenvalue weighted by molar-refractivity contribution is 6.32. The third-order valence-electron chi connectivity index (χ3n) is 2.91. The molecule has 0 unspecified atom stereocenters. The van der Waals surface area contributed by atoms with Gasteiger partial charge in [0, 0.05) is 17.1 Å². The Bertz CT molecular complexity index is 486. The van der Waals surface area contributed by atoms with Crippen molar-refractivity contribution in [1.82, 2.24) is 0 Å². The van der Waals surface area contributed by atoms with Gasteiger partial charge in [0.05, 0.1) is 6.42 Å². The average molecular weight is 284 g/mol. The molecule has 0 fully saturated rings. The van der Waals surface area contributed by atoms with E-state index in [-0.39, 0.29) is 18.7 Å². The Morgan fingerprint density at radius 3 is 2.42 bits per heavy atom. The van der Waals surface area contributed by atoms with Gasteiger partial charge in [0.2, 0.25) is 5.91 Å². The van der Waals surface area contributed by atoms with E-state index in [0.717, 1.165) is 23.2 Å². The number of carbonyl (C=O) groups excluding carboxylic acids is 1. The van der Waals surface area contributed by atoms with E-state index in [1.807, 2.05) is 26.0 Å². The van der Waals surface area contributed by atoms with Crippen LogP contribution in [0, 0.1) is 0 Å². The summed E-state index contributed by atoms with van der Waals surface area (Å²) >= 11 is 6.12. The van der Waals surface area contributed by atoms with Gasteiger partial charge in [-0.05, 0) is 30.0 Å². The second-order valence-electron chi connectivity index (χ2n) is 4.21. The zero-order valence-electron chi connectivity index (χ0n) is 11.1. The minimum absolute atomic E-state index is 0.0336. The zero-order valence-corrected chi connectivity index (χ0v) is 11.9. The number of nitrogens with one attached hydrogen (secondary N) is 1. The molecule has 1 amide bonds. The highest BCUT2D eigenvalue weighted by atomic mass is 35.5. The smallest absolute Gasteiger partial charge is 0.303 e. The Balaban J connectivity index is 2.95. The third-order valence-corrected chi connectivity index (χ3v) is 3.26. The quantitative estimate of drug-likeness (QED) is 0.842. The fraction of sp³-hybridized carbons (Fsp3) is 0.429. The van der Waals surface area contributed by atoms with Gasteiger partial charge in [-0.25, -0.2) is 0 Å². The number of amides is 1. The van der Waals surface area contributed by atoms with E-state index in [4.69, 9.17) is 16.7 Å². The summed E-state index contributed by atoms with van der Waals surface area (Å²) in [5, 5.41) is 12.0. The molecule has 0 aliphatic carbocycles. The molecule has 0 bridgehead atoms. The summed E-state index contributed by atoms with van der Waals surface area (Å²) in [5.74, 6) is -1.28. The number of carbonyl (C=O) groups is 2. The lowest BCUT2D eigenvalue weighted by Gasteiger charge is -2.15. The van der Waals surface area contributed by atoms with Crippen LogP contribution >= 0.6 is 11.6 Å². The maximum atomic E-state index is 11.7. The minimum Gasteiger partial charge on any atom is -0.481 e. The van der Waals surface area contributed by atoms with Gasteiger partial charge in [0.15, 0.2) is 0 Å². The number of halogens is 1. The Morgan fingerprint density at radius 1 is 1.21 bits per heavy atom. The molecule has 2 N–H and O–H groups in total. The monoisotopic (exact) mass is 283 g/mol. The van der Waals surface area contributed by atoms with Crippen molar-refractivity contribution in [2.75, 3.05) is 5.32 Å². The van der Waals surface area contributed by atoms with Crippen molar-refractivity contribution >= 4 is 29.2 Å². The molecule has 0 heterocycles. The van der Waals surface area contributed by atoms with Gasteiger partial charge in [-0.1, -0.05) is 31.5 Å². The van der Waals surface area contributed by atoms with Crippen LogP contribution in [0.3, 0.4) is 0 Å². The molecular weight excluding hydrogens is 266 g/mol. The lowest BCUT2D eigenvalue weighted by molar-refractivity contribution is -0.138. The number of aryl methyl sites for hydroxylation is 1. The number of hydrogen-bond acceptors (Lipinski definition) is 2. The first kappa shape index (κ1) is 15.5. The Kier molecular flexibility index (Phi) is 5.83. The van der Waals surface area contributed by atoms with Crippen molar-refractivity contribution in [1.29, 1.82) is 0 Å². The van der Waals surface area contributed by atoms with Crippen LogP contribution in [0.4, 0.5) is 5.69 Å². The SMILES string of the molecule is CCc1ccc(Cl)c(CC)c1NC(=O)CCC(=O)O. The Labute approximate surface area is 117 Å². The summed E-state index contributed by atoms with van der Waals surface area (Å²) < 4.78 is 0. The summed E-state index contributed by atoms with van der Waals surface area (Å²) in [6.07, 6.45) is 1.28. The molecule has 19 heavy (non-hydrogen) atoms. The molecule has 0 atom stereocenters. The minimum atomic E-state index is -0.979. The first-order valence-electron chi connectivity index (χ1n) is 6.31. The van der Waals surface area contributed by atoms with Crippen molar-refractivity contribution in [2.45, 2.75) is 39.5 Å². The Morgan fingerprint density at radius 2 is 1.89 bits per heavy atom. The average Bonchev–Trinajstić information content (AvgIpc) is 2.37. The van der Waals surface area contributed by atoms with Crippen LogP contribution in [0.1, 0.15) is 37.8 Å². The summed E-state index contributed by atoms with van der Waals surface area (Å²) in [4.78, 5) is 22.2. The number of aliphatic carboxylic acids is 1. The van der Waals surface area contributed by atoms with Gasteiger partial charge in [0.1, 0.15) is 0 Å². The molecule has 0 aromatic heterocycles. The standard InChI is InChI=1S/C14H18ClNO3/c1-3-9-5-6-11(15)10(4-2)14(9)16-12(17)7-8-13(18)19/h5-6H,3-4,7-8H2,1-2H3,(H,16,17)(H,18,19). The number of carboxylic acids is 1. The lowest BCUT2D eigenvalue weighted by Crippen LogP contribution is -2.16. The van der Waals surface area contributed by atoms with Crippen molar-refractivity contribution in [3.63, 3.8) is 0 Å². The van der Waals surface area contributed by atoms with Gasteiger partial charge in [-0.2, -0.15) is 0 Å². The molecule has 1 aromatic carbocycles. The molecule has 0 saturated heterocycles. The van der Waals surface area contributed by atoms with E-state index in [1.54, 1.807) is 0 Å². The molecule has 1 aromatic rings. The predicted molar refractivity (Wildman–Crippen MR) is 75.7 cm³/mol. The molecule has 0 saturated carbocycles. The van der Waals surface area contributed by atoms with Crippen LogP contribution in [0.15, 0.2) is 12.1 Å². The summed E-state index contributed by atoms with van der Waals surface area (Å²) in [5.41, 5.74) is 2.63. The topological polar surface area (TPSA) is 66.4 Å². The highest BCUT2D eigenvalue weighted by Gasteiger charge is 2.13. The van der Waals surface area contributed by atoms with E-state index in [0.29, 0.717) is 11.4 Å². The molecule has 0 aliphatic heterocycles. The van der Waals surface area contributed by atoms with Crippen molar-refractivity contribution in [2.24, 2.45) is 0 Å². The van der Waals surface area contributed by atoms with Crippen LogP contribution in [-0.4, -0.2) is 17.0 Å². The normalized spacial score (nSPS) is 10.3. The second kappa shape index (κ2) is 7.14. The maximum absolute atomic E-state index is 11.7. The molecule has 0 radical (unpaired) electrons. The summed E-state index contributed by atoms with van der Waals surface area (Å²) in [7, 11) is 0. The van der Waals surface area contributed by atoms with E-state index < -0.39 is 5.97 Å². The lowest BCUT2D eigenvalue weighted by atomic mass is 10.0. The Hall–Kier alpha value is -1.55. The van der Waals surface area contributed by atoms with Gasteiger partial charge >= 0.3 is 5.97 Å². The van der Waals surface area contributed by atoms with E-state index in [2.05, 4.69) is 5.32 Å². The van der Waals surface area contributed by atoms with Crippen molar-refractivity contribution in [3.05, 3.63) is 28.3 Å². The van der Waals surface area contributed by atoms with Crippen molar-refractivity contribution < 1.29 is 14.7 Å². The van der Waals surface area contributed by atoms with Crippen LogP contribution < -0.4 is 5.32 Å². The van der Waals surface area contributed by atoms with Crippen LogP contribution in [0.25, 0.3) is 0 Å². The number of anilines is 1. The summed E-state index contributed by atoms with van der Waals surface area (Å²) in [6.45, 7) is 3.96. The molecule has 4 nitrogen and oxygen atoms in total. The fourth-order valence-electron chi connectivity index (χ4n) is 1.89. The van der Waals surface area contributed by atoms with Gasteiger partial charge < -0.3 is 10.4 Å². The number of hydrogen-bond donors (Lipinski definition) is 2. The predicted octanol–water partition coefficient (Wildman–Crippen LogP) is 3.27. The maximum Gasteiger partial charge on any atom is 0.303 e. The highest BCUT2D eigenvalue weighted by Crippen LogP contribution is 2.29. The van der Waals surface area contributed by atoms with E-state index >= 15 is 0 Å². The van der Waals surface area contributed by atoms with Crippen LogP contribution in [0.2, 0.25) is 5.02 Å². The van der Waals surface area contributed by atoms with Crippen LogP contribution in [-0.2, 0) is 22.4 Å². The van der Waals surface area contributed by atoms with E-state index in [9.17, 15) is 9.59 Å². The first-order valence-corrected chi connectivity index (χ1v) is 6.69. The molecular formula is C14H18ClNO3. The van der Waals surface area contributed by atoms with Gasteiger partial charge in [-0.3, -0.25) is 9.59 Å². The third kappa shape index (κ3) is 4.24. The second-order valence-corrected chi connectivity index (χ2v) is 4.62. The van der Waals surface area contributed by atoms with Crippen LogP contribution in [0.5, 0.6) is 0 Å². The first-order chi connectivity index (χ1) is 8.99. The molecule has 1 rings (SSSR count). The molecule has 0 aliphatic rings. The molecule has 0 spiro atoms. The number of benzene rings is 1. The summed E-state index contributed by atoms with van der Waals surface area (Å²) in [6, 6.07) is 3.71. The number of carboxylic acid groups (broad SMARTS) is 1. The zero-order chi connectivity index (χ0) is 14.4.